The molecule has 0 radical (unpaired) electrons. The summed E-state index contributed by atoms with van der Waals surface area (Å²) >= 11 is 6.01. The van der Waals surface area contributed by atoms with Gasteiger partial charge in [0.2, 0.25) is 0 Å². The number of nitrogens with one attached hydrogen (secondary N) is 1. The minimum atomic E-state index is -1.55. The first-order chi connectivity index (χ1) is 10.0. The zero-order chi connectivity index (χ0) is 15.0. The van der Waals surface area contributed by atoms with Gasteiger partial charge in [-0.1, -0.05) is 23.7 Å². The monoisotopic (exact) mass is 308 g/mol. The number of rotatable bonds is 3. The molecule has 1 saturated heterocycles. The third-order valence-corrected chi connectivity index (χ3v) is 4.49. The van der Waals surface area contributed by atoms with Crippen LogP contribution in [-0.2, 0) is 4.79 Å². The lowest BCUT2D eigenvalue weighted by molar-refractivity contribution is -0.143. The van der Waals surface area contributed by atoms with Crippen LogP contribution in [-0.4, -0.2) is 53.5 Å². The third kappa shape index (κ3) is 2.57. The number of halogens is 1. The number of benzene rings is 1. The summed E-state index contributed by atoms with van der Waals surface area (Å²) in [5.74, 6) is -1.28. The second-order valence-electron chi connectivity index (χ2n) is 5.57. The zero-order valence-electron chi connectivity index (χ0n) is 11.5. The Bertz CT molecular complexity index is 586. The van der Waals surface area contributed by atoms with Gasteiger partial charge in [-0.2, -0.15) is 0 Å². The van der Waals surface area contributed by atoms with E-state index in [4.69, 9.17) is 11.6 Å². The molecular weight excluding hydrogens is 292 g/mol. The molecule has 1 heterocycles. The number of Topliss-reactive ketones (excluding diaryl/α,β-unsaturated/α-hetero) is 1. The van der Waals surface area contributed by atoms with Crippen LogP contribution in [0.25, 0.3) is 0 Å². The molecule has 2 N–H and O–H groups in total. The van der Waals surface area contributed by atoms with E-state index in [1.165, 1.54) is 0 Å². The Labute approximate surface area is 127 Å². The number of aliphatic hydroxyl groups is 1. The zero-order valence-corrected chi connectivity index (χ0v) is 12.3. The molecule has 3 rings (SSSR count). The van der Waals surface area contributed by atoms with Crippen LogP contribution < -0.4 is 5.32 Å². The minimum absolute atomic E-state index is 0.180. The van der Waals surface area contributed by atoms with Gasteiger partial charge in [0.1, 0.15) is 0 Å². The average molecular weight is 309 g/mol. The van der Waals surface area contributed by atoms with Crippen LogP contribution in [0.2, 0.25) is 5.02 Å². The standard InChI is InChI=1S/C15H17ClN2O3/c16-12-4-2-1-3-10(12)13(19)11-9-15(11,21)14(20)18-7-5-17-6-8-18/h1-4,11,17,21H,5-9H2. The predicted molar refractivity (Wildman–Crippen MR) is 78.3 cm³/mol. The maximum absolute atomic E-state index is 12.4. The Hall–Kier alpha value is -1.43. The van der Waals surface area contributed by atoms with Crippen molar-refractivity contribution in [3.8, 4) is 0 Å². The van der Waals surface area contributed by atoms with Gasteiger partial charge in [0, 0.05) is 31.7 Å². The molecule has 21 heavy (non-hydrogen) atoms. The summed E-state index contributed by atoms with van der Waals surface area (Å²) in [6, 6.07) is 6.72. The van der Waals surface area contributed by atoms with Gasteiger partial charge >= 0.3 is 0 Å². The van der Waals surface area contributed by atoms with Crippen LogP contribution in [0.3, 0.4) is 0 Å². The Morgan fingerprint density at radius 3 is 2.62 bits per heavy atom. The number of hydrogen-bond donors (Lipinski definition) is 2. The van der Waals surface area contributed by atoms with Crippen molar-refractivity contribution in [3.63, 3.8) is 0 Å². The van der Waals surface area contributed by atoms with Crippen LogP contribution >= 0.6 is 11.6 Å². The fourth-order valence-corrected chi connectivity index (χ4v) is 3.02. The lowest BCUT2D eigenvalue weighted by Crippen LogP contribution is -2.51. The van der Waals surface area contributed by atoms with Crippen LogP contribution in [0.5, 0.6) is 0 Å². The van der Waals surface area contributed by atoms with E-state index in [0.29, 0.717) is 36.8 Å². The number of hydrogen-bond acceptors (Lipinski definition) is 4. The van der Waals surface area contributed by atoms with Crippen molar-refractivity contribution in [1.82, 2.24) is 10.2 Å². The molecule has 0 bridgehead atoms. The summed E-state index contributed by atoms with van der Waals surface area (Å²) < 4.78 is 0. The summed E-state index contributed by atoms with van der Waals surface area (Å²) in [5, 5.41) is 14.0. The Morgan fingerprint density at radius 1 is 1.29 bits per heavy atom. The van der Waals surface area contributed by atoms with E-state index in [1.54, 1.807) is 29.2 Å². The van der Waals surface area contributed by atoms with Gasteiger partial charge in [-0.15, -0.1) is 0 Å². The van der Waals surface area contributed by atoms with E-state index in [1.807, 2.05) is 0 Å². The van der Waals surface area contributed by atoms with Crippen molar-refractivity contribution in [2.24, 2.45) is 5.92 Å². The number of amides is 1. The number of carbonyl (C=O) groups excluding carboxylic acids is 2. The molecule has 2 atom stereocenters. The maximum atomic E-state index is 12.4. The van der Waals surface area contributed by atoms with Gasteiger partial charge in [-0.3, -0.25) is 9.59 Å². The summed E-state index contributed by atoms with van der Waals surface area (Å²) in [7, 11) is 0. The highest BCUT2D eigenvalue weighted by molar-refractivity contribution is 6.34. The highest BCUT2D eigenvalue weighted by Crippen LogP contribution is 2.47. The summed E-state index contributed by atoms with van der Waals surface area (Å²) in [6.45, 7) is 2.55. The summed E-state index contributed by atoms with van der Waals surface area (Å²) in [6.07, 6.45) is 0.180. The van der Waals surface area contributed by atoms with Crippen LogP contribution in [0.15, 0.2) is 24.3 Å². The van der Waals surface area contributed by atoms with Crippen molar-refractivity contribution in [2.75, 3.05) is 26.2 Å². The SMILES string of the molecule is O=C(c1ccccc1Cl)C1CC1(O)C(=O)N1CCNCC1. The molecule has 5 nitrogen and oxygen atoms in total. The second-order valence-corrected chi connectivity index (χ2v) is 5.97. The van der Waals surface area contributed by atoms with E-state index in [-0.39, 0.29) is 18.1 Å². The Kier molecular flexibility index (Phi) is 3.73. The number of carbonyl (C=O) groups is 2. The molecule has 0 aromatic heterocycles. The fourth-order valence-electron chi connectivity index (χ4n) is 2.79. The Morgan fingerprint density at radius 2 is 1.95 bits per heavy atom. The molecule has 0 spiro atoms. The third-order valence-electron chi connectivity index (χ3n) is 4.16. The molecule has 2 unspecified atom stereocenters. The van der Waals surface area contributed by atoms with Crippen LogP contribution in [0.4, 0.5) is 0 Å². The highest BCUT2D eigenvalue weighted by Gasteiger charge is 2.63. The summed E-state index contributed by atoms with van der Waals surface area (Å²) in [5.41, 5.74) is -1.18. The lowest BCUT2D eigenvalue weighted by atomic mass is 10.0. The van der Waals surface area contributed by atoms with Gasteiger partial charge in [-0.05, 0) is 18.6 Å². The van der Waals surface area contributed by atoms with Crippen LogP contribution in [0, 0.1) is 5.92 Å². The largest absolute Gasteiger partial charge is 0.379 e. The first kappa shape index (κ1) is 14.5. The van der Waals surface area contributed by atoms with Crippen molar-refractivity contribution in [1.29, 1.82) is 0 Å². The smallest absolute Gasteiger partial charge is 0.255 e. The topological polar surface area (TPSA) is 69.6 Å². The van der Waals surface area contributed by atoms with E-state index in [9.17, 15) is 14.7 Å². The highest BCUT2D eigenvalue weighted by atomic mass is 35.5. The number of ketones is 1. The van der Waals surface area contributed by atoms with E-state index >= 15 is 0 Å². The molecule has 112 valence electrons. The van der Waals surface area contributed by atoms with E-state index < -0.39 is 11.5 Å². The Balaban J connectivity index is 1.73. The normalized spacial score (nSPS) is 28.3. The number of nitrogens with zero attached hydrogens (tertiary/aromatic N) is 1. The molecule has 1 aliphatic heterocycles. The number of piperazine rings is 1. The molecule has 1 aromatic carbocycles. The lowest BCUT2D eigenvalue weighted by Gasteiger charge is -2.29. The van der Waals surface area contributed by atoms with Gasteiger partial charge in [0.15, 0.2) is 11.4 Å². The van der Waals surface area contributed by atoms with Gasteiger partial charge in [0.25, 0.3) is 5.91 Å². The second kappa shape index (κ2) is 5.40. The van der Waals surface area contributed by atoms with Crippen LogP contribution in [0.1, 0.15) is 16.8 Å². The maximum Gasteiger partial charge on any atom is 0.255 e. The van der Waals surface area contributed by atoms with Crippen molar-refractivity contribution < 1.29 is 14.7 Å². The molecule has 2 aliphatic rings. The molecule has 1 aliphatic carbocycles. The van der Waals surface area contributed by atoms with Crippen molar-refractivity contribution in [2.45, 2.75) is 12.0 Å². The molecule has 6 heteroatoms. The average Bonchev–Trinajstić information content (AvgIpc) is 3.20. The fraction of sp³-hybridized carbons (Fsp3) is 0.467. The van der Waals surface area contributed by atoms with Gasteiger partial charge in [-0.25, -0.2) is 0 Å². The minimum Gasteiger partial charge on any atom is -0.379 e. The first-order valence-electron chi connectivity index (χ1n) is 7.05. The first-order valence-corrected chi connectivity index (χ1v) is 7.43. The van der Waals surface area contributed by atoms with Crippen molar-refractivity contribution in [3.05, 3.63) is 34.9 Å². The molecule has 1 amide bonds. The van der Waals surface area contributed by atoms with E-state index in [0.717, 1.165) is 0 Å². The van der Waals surface area contributed by atoms with Gasteiger partial charge in [0.05, 0.1) is 10.9 Å². The molecule has 1 saturated carbocycles. The molecule has 2 fully saturated rings. The van der Waals surface area contributed by atoms with Crippen molar-refractivity contribution >= 4 is 23.3 Å². The molecular formula is C15H17ClN2O3. The molecule has 1 aromatic rings. The van der Waals surface area contributed by atoms with Gasteiger partial charge < -0.3 is 15.3 Å². The predicted octanol–water partition coefficient (Wildman–Crippen LogP) is 0.705. The quantitative estimate of drug-likeness (QED) is 0.807. The van der Waals surface area contributed by atoms with E-state index in [2.05, 4.69) is 5.32 Å². The summed E-state index contributed by atoms with van der Waals surface area (Å²) in [4.78, 5) is 26.4.